The van der Waals surface area contributed by atoms with E-state index in [-0.39, 0.29) is 6.09 Å². The highest BCUT2D eigenvalue weighted by Gasteiger charge is 2.22. The smallest absolute Gasteiger partial charge is 0.410 e. The van der Waals surface area contributed by atoms with E-state index >= 15 is 0 Å². The number of ether oxygens (including phenoxy) is 2. The van der Waals surface area contributed by atoms with Crippen LogP contribution in [-0.4, -0.2) is 36.9 Å². The Morgan fingerprint density at radius 3 is 2.62 bits per heavy atom. The maximum atomic E-state index is 12.3. The molecule has 21 heavy (non-hydrogen) atoms. The van der Waals surface area contributed by atoms with Gasteiger partial charge in [-0.05, 0) is 48.3 Å². The molecule has 1 amide bonds. The van der Waals surface area contributed by atoms with Crippen molar-refractivity contribution in [2.45, 2.75) is 32.9 Å². The third kappa shape index (κ3) is 6.24. The number of carbonyl (C=O) groups is 1. The van der Waals surface area contributed by atoms with Gasteiger partial charge in [0.15, 0.2) is 0 Å². The first-order valence-electron chi connectivity index (χ1n) is 6.64. The number of benzene rings is 1. The number of halogens is 2. The fourth-order valence-corrected chi connectivity index (χ4v) is 2.22. The Kier molecular flexibility index (Phi) is 6.97. The molecule has 1 aromatic rings. The van der Waals surface area contributed by atoms with Gasteiger partial charge in [0, 0.05) is 18.1 Å². The van der Waals surface area contributed by atoms with Crippen molar-refractivity contribution in [3.8, 4) is 0 Å². The molecule has 6 heteroatoms. The second kappa shape index (κ2) is 8.01. The minimum absolute atomic E-state index is 0.369. The lowest BCUT2D eigenvalue weighted by atomic mass is 10.2. The maximum absolute atomic E-state index is 12.3. The number of nitrogens with zero attached hydrogens (tertiary/aromatic N) is 1. The van der Waals surface area contributed by atoms with Gasteiger partial charge in [-0.15, -0.1) is 0 Å². The van der Waals surface area contributed by atoms with E-state index in [2.05, 4.69) is 15.9 Å². The van der Waals surface area contributed by atoms with Gasteiger partial charge in [0.05, 0.1) is 18.2 Å². The van der Waals surface area contributed by atoms with E-state index in [1.165, 1.54) is 0 Å². The summed E-state index contributed by atoms with van der Waals surface area (Å²) in [6.45, 7) is 6.82. The Morgan fingerprint density at radius 2 is 2.05 bits per heavy atom. The highest BCUT2D eigenvalue weighted by atomic mass is 79.9. The average Bonchev–Trinajstić information content (AvgIpc) is 2.37. The second-order valence-corrected chi connectivity index (χ2v) is 6.81. The summed E-state index contributed by atoms with van der Waals surface area (Å²) in [5.74, 6) is 0. The van der Waals surface area contributed by atoms with Crippen LogP contribution >= 0.6 is 27.5 Å². The monoisotopic (exact) mass is 377 g/mol. The molecule has 1 aromatic carbocycles. The van der Waals surface area contributed by atoms with Gasteiger partial charge in [0.25, 0.3) is 0 Å². The molecule has 4 nitrogen and oxygen atoms in total. The van der Waals surface area contributed by atoms with Crippen LogP contribution in [0.1, 0.15) is 26.3 Å². The minimum atomic E-state index is -0.534. The Labute approximate surface area is 139 Å². The average molecular weight is 379 g/mol. The van der Waals surface area contributed by atoms with Crippen molar-refractivity contribution >= 4 is 33.6 Å². The summed E-state index contributed by atoms with van der Waals surface area (Å²) in [6.07, 6.45) is -0.369. The number of carbonyl (C=O) groups excluding carboxylic acids is 1. The predicted octanol–water partition coefficient (Wildman–Crippen LogP) is 4.49. The van der Waals surface area contributed by atoms with Gasteiger partial charge >= 0.3 is 6.09 Å². The number of rotatable bonds is 5. The molecule has 0 aromatic heterocycles. The largest absolute Gasteiger partial charge is 0.444 e. The van der Waals surface area contributed by atoms with E-state index in [9.17, 15) is 4.79 Å². The molecule has 118 valence electrons. The van der Waals surface area contributed by atoms with Crippen LogP contribution in [0.2, 0.25) is 5.02 Å². The van der Waals surface area contributed by atoms with E-state index < -0.39 is 5.60 Å². The normalized spacial score (nSPS) is 11.3. The van der Waals surface area contributed by atoms with Crippen molar-refractivity contribution in [2.75, 3.05) is 20.3 Å². The van der Waals surface area contributed by atoms with E-state index in [1.807, 2.05) is 32.9 Å². The Balaban J connectivity index is 2.87. The Bertz CT molecular complexity index is 488. The molecule has 0 unspecified atom stereocenters. The van der Waals surface area contributed by atoms with E-state index in [4.69, 9.17) is 21.1 Å². The fraction of sp³-hybridized carbons (Fsp3) is 0.533. The first kappa shape index (κ1) is 18.3. The van der Waals surface area contributed by atoms with Gasteiger partial charge in [-0.3, -0.25) is 0 Å². The molecule has 0 spiro atoms. The van der Waals surface area contributed by atoms with Crippen molar-refractivity contribution in [1.82, 2.24) is 4.90 Å². The Morgan fingerprint density at radius 1 is 1.38 bits per heavy atom. The molecule has 0 saturated carbocycles. The van der Waals surface area contributed by atoms with Gasteiger partial charge in [0.2, 0.25) is 0 Å². The third-order valence-corrected chi connectivity index (χ3v) is 4.09. The van der Waals surface area contributed by atoms with Gasteiger partial charge in [-0.25, -0.2) is 4.79 Å². The molecule has 0 fully saturated rings. The second-order valence-electron chi connectivity index (χ2n) is 5.61. The summed E-state index contributed by atoms with van der Waals surface area (Å²) in [7, 11) is 1.60. The van der Waals surface area contributed by atoms with Crippen molar-refractivity contribution in [3.05, 3.63) is 33.3 Å². The first-order valence-corrected chi connectivity index (χ1v) is 7.81. The van der Waals surface area contributed by atoms with Crippen molar-refractivity contribution in [1.29, 1.82) is 0 Å². The highest BCUT2D eigenvalue weighted by Crippen LogP contribution is 2.27. The number of hydrogen-bond donors (Lipinski definition) is 0. The fourth-order valence-electron chi connectivity index (χ4n) is 1.64. The summed E-state index contributed by atoms with van der Waals surface area (Å²) in [5, 5.41) is 0.614. The standard InChI is InChI=1S/C15H21BrClNO3/c1-15(2,3)21-14(19)18(8-9-20-4)10-11-6-5-7-12(17)13(11)16/h5-7H,8-10H2,1-4H3. The highest BCUT2D eigenvalue weighted by molar-refractivity contribution is 9.10. The van der Waals surface area contributed by atoms with Crippen molar-refractivity contribution in [3.63, 3.8) is 0 Å². The summed E-state index contributed by atoms with van der Waals surface area (Å²) < 4.78 is 11.3. The predicted molar refractivity (Wildman–Crippen MR) is 87.7 cm³/mol. The zero-order valence-electron chi connectivity index (χ0n) is 12.8. The van der Waals surface area contributed by atoms with Crippen LogP contribution in [0, 0.1) is 0 Å². The van der Waals surface area contributed by atoms with E-state index in [0.29, 0.717) is 24.7 Å². The first-order chi connectivity index (χ1) is 9.74. The number of methoxy groups -OCH3 is 1. The van der Waals surface area contributed by atoms with Crippen LogP contribution in [0.25, 0.3) is 0 Å². The molecule has 0 N–H and O–H groups in total. The van der Waals surface area contributed by atoms with Crippen LogP contribution < -0.4 is 0 Å². The molecular formula is C15H21BrClNO3. The van der Waals surface area contributed by atoms with E-state index in [1.54, 1.807) is 18.1 Å². The number of hydrogen-bond acceptors (Lipinski definition) is 3. The molecule has 1 rings (SSSR count). The van der Waals surface area contributed by atoms with Crippen LogP contribution in [-0.2, 0) is 16.0 Å². The Hall–Kier alpha value is -0.780. The molecule has 0 aliphatic heterocycles. The zero-order chi connectivity index (χ0) is 16.0. The van der Waals surface area contributed by atoms with Crippen LogP contribution in [0.3, 0.4) is 0 Å². The summed E-state index contributed by atoms with van der Waals surface area (Å²) >= 11 is 9.53. The van der Waals surface area contributed by atoms with Crippen molar-refractivity contribution in [2.24, 2.45) is 0 Å². The molecule has 0 bridgehead atoms. The molecule has 0 aliphatic rings. The molecule has 0 aliphatic carbocycles. The SMILES string of the molecule is COCCN(Cc1cccc(Cl)c1Br)C(=O)OC(C)(C)C. The minimum Gasteiger partial charge on any atom is -0.444 e. The lowest BCUT2D eigenvalue weighted by Gasteiger charge is -2.27. The van der Waals surface area contributed by atoms with E-state index in [0.717, 1.165) is 10.0 Å². The van der Waals surface area contributed by atoms with Crippen molar-refractivity contribution < 1.29 is 14.3 Å². The zero-order valence-corrected chi connectivity index (χ0v) is 15.1. The molecular weight excluding hydrogens is 358 g/mol. The molecule has 0 saturated heterocycles. The van der Waals surface area contributed by atoms with Crippen LogP contribution in [0.4, 0.5) is 4.79 Å². The van der Waals surface area contributed by atoms with Gasteiger partial charge in [-0.1, -0.05) is 23.7 Å². The maximum Gasteiger partial charge on any atom is 0.410 e. The van der Waals surface area contributed by atoms with Gasteiger partial charge in [0.1, 0.15) is 5.60 Å². The quantitative estimate of drug-likeness (QED) is 0.758. The lowest BCUT2D eigenvalue weighted by molar-refractivity contribution is 0.0183. The topological polar surface area (TPSA) is 38.8 Å². The van der Waals surface area contributed by atoms with Crippen LogP contribution in [0.15, 0.2) is 22.7 Å². The summed E-state index contributed by atoms with van der Waals surface area (Å²) in [4.78, 5) is 13.9. The lowest BCUT2D eigenvalue weighted by Crippen LogP contribution is -2.38. The molecule has 0 atom stereocenters. The van der Waals surface area contributed by atoms with Gasteiger partial charge in [-0.2, -0.15) is 0 Å². The third-order valence-electron chi connectivity index (χ3n) is 2.61. The molecule has 0 radical (unpaired) electrons. The summed E-state index contributed by atoms with van der Waals surface area (Å²) in [6, 6.07) is 5.56. The summed E-state index contributed by atoms with van der Waals surface area (Å²) in [5.41, 5.74) is 0.387. The van der Waals surface area contributed by atoms with Crippen LogP contribution in [0.5, 0.6) is 0 Å². The van der Waals surface area contributed by atoms with Gasteiger partial charge < -0.3 is 14.4 Å². The molecule has 0 heterocycles. The number of amides is 1.